The van der Waals surface area contributed by atoms with E-state index in [1.54, 1.807) is 11.3 Å². The van der Waals surface area contributed by atoms with E-state index in [2.05, 4.69) is 54.0 Å². The standard InChI is InChI=1S/C19H17NOS/c1-13-3-2-4-15(11-13)19(8-9-19)18(21)20-16-5-6-17-14(12-16)7-10-22-17/h2-7,10-12H,8-9H2,1H3,(H,20,21). The highest BCUT2D eigenvalue weighted by Gasteiger charge is 2.51. The van der Waals surface area contributed by atoms with Crippen LogP contribution < -0.4 is 5.32 Å². The van der Waals surface area contributed by atoms with E-state index in [-0.39, 0.29) is 11.3 Å². The Balaban J connectivity index is 1.61. The number of hydrogen-bond donors (Lipinski definition) is 1. The van der Waals surface area contributed by atoms with Crippen LogP contribution in [0.2, 0.25) is 0 Å². The van der Waals surface area contributed by atoms with Crippen molar-refractivity contribution in [3.05, 3.63) is 65.0 Å². The van der Waals surface area contributed by atoms with Crippen molar-refractivity contribution in [3.8, 4) is 0 Å². The normalized spacial score (nSPS) is 15.7. The van der Waals surface area contributed by atoms with Crippen molar-refractivity contribution in [1.82, 2.24) is 0 Å². The number of anilines is 1. The summed E-state index contributed by atoms with van der Waals surface area (Å²) in [5.41, 5.74) is 2.91. The van der Waals surface area contributed by atoms with Crippen molar-refractivity contribution < 1.29 is 4.79 Å². The first kappa shape index (κ1) is 13.5. The largest absolute Gasteiger partial charge is 0.325 e. The lowest BCUT2D eigenvalue weighted by Gasteiger charge is -2.16. The Morgan fingerprint density at radius 1 is 1.14 bits per heavy atom. The molecule has 1 aromatic heterocycles. The first-order valence-electron chi connectivity index (χ1n) is 7.53. The molecule has 1 N–H and O–H groups in total. The van der Waals surface area contributed by atoms with Crippen molar-refractivity contribution in [2.45, 2.75) is 25.2 Å². The number of amides is 1. The highest BCUT2D eigenvalue weighted by atomic mass is 32.1. The summed E-state index contributed by atoms with van der Waals surface area (Å²) < 4.78 is 1.25. The highest BCUT2D eigenvalue weighted by Crippen LogP contribution is 2.49. The molecule has 0 bridgehead atoms. The van der Waals surface area contributed by atoms with Gasteiger partial charge in [0.1, 0.15) is 0 Å². The van der Waals surface area contributed by atoms with Gasteiger partial charge in [-0.2, -0.15) is 0 Å². The summed E-state index contributed by atoms with van der Waals surface area (Å²) in [4.78, 5) is 12.8. The second kappa shape index (κ2) is 4.96. The van der Waals surface area contributed by atoms with E-state index in [0.29, 0.717) is 0 Å². The van der Waals surface area contributed by atoms with E-state index in [1.165, 1.54) is 15.6 Å². The van der Waals surface area contributed by atoms with Gasteiger partial charge in [-0.15, -0.1) is 11.3 Å². The van der Waals surface area contributed by atoms with Crippen LogP contribution in [0.15, 0.2) is 53.9 Å². The molecule has 1 amide bonds. The van der Waals surface area contributed by atoms with Crippen LogP contribution in [0.4, 0.5) is 5.69 Å². The van der Waals surface area contributed by atoms with Crippen LogP contribution in [-0.2, 0) is 10.2 Å². The van der Waals surface area contributed by atoms with Gasteiger partial charge in [-0.1, -0.05) is 29.8 Å². The molecule has 0 spiro atoms. The van der Waals surface area contributed by atoms with E-state index in [4.69, 9.17) is 0 Å². The van der Waals surface area contributed by atoms with Crippen LogP contribution in [0.1, 0.15) is 24.0 Å². The van der Waals surface area contributed by atoms with Crippen molar-refractivity contribution in [1.29, 1.82) is 0 Å². The van der Waals surface area contributed by atoms with E-state index in [9.17, 15) is 4.79 Å². The molecule has 0 unspecified atom stereocenters. The Morgan fingerprint density at radius 3 is 2.77 bits per heavy atom. The molecule has 1 aliphatic rings. The van der Waals surface area contributed by atoms with E-state index in [1.807, 2.05) is 12.1 Å². The lowest BCUT2D eigenvalue weighted by Crippen LogP contribution is -2.27. The van der Waals surface area contributed by atoms with Crippen LogP contribution in [0.25, 0.3) is 10.1 Å². The molecule has 0 saturated heterocycles. The fraction of sp³-hybridized carbons (Fsp3) is 0.211. The zero-order valence-electron chi connectivity index (χ0n) is 12.4. The summed E-state index contributed by atoms with van der Waals surface area (Å²) >= 11 is 1.72. The number of aryl methyl sites for hydroxylation is 1. The van der Waals surface area contributed by atoms with Gasteiger partial charge in [0.2, 0.25) is 5.91 Å². The van der Waals surface area contributed by atoms with Gasteiger partial charge < -0.3 is 5.32 Å². The van der Waals surface area contributed by atoms with Gasteiger partial charge in [0, 0.05) is 10.4 Å². The fourth-order valence-electron chi connectivity index (χ4n) is 3.01. The maximum absolute atomic E-state index is 12.8. The predicted octanol–water partition coefficient (Wildman–Crippen LogP) is 4.88. The minimum Gasteiger partial charge on any atom is -0.325 e. The van der Waals surface area contributed by atoms with Gasteiger partial charge in [-0.3, -0.25) is 4.79 Å². The number of rotatable bonds is 3. The Labute approximate surface area is 133 Å². The molecule has 1 fully saturated rings. The van der Waals surface area contributed by atoms with Crippen molar-refractivity contribution in [2.24, 2.45) is 0 Å². The maximum Gasteiger partial charge on any atom is 0.235 e. The van der Waals surface area contributed by atoms with Crippen LogP contribution in [-0.4, -0.2) is 5.91 Å². The van der Waals surface area contributed by atoms with Gasteiger partial charge in [0.25, 0.3) is 0 Å². The molecular weight excluding hydrogens is 290 g/mol. The molecule has 2 aromatic carbocycles. The smallest absolute Gasteiger partial charge is 0.235 e. The number of hydrogen-bond acceptors (Lipinski definition) is 2. The van der Waals surface area contributed by atoms with Crippen molar-refractivity contribution >= 4 is 33.0 Å². The Morgan fingerprint density at radius 2 is 2.00 bits per heavy atom. The lowest BCUT2D eigenvalue weighted by atomic mass is 9.93. The zero-order valence-corrected chi connectivity index (χ0v) is 13.2. The van der Waals surface area contributed by atoms with Crippen LogP contribution in [0.3, 0.4) is 0 Å². The van der Waals surface area contributed by atoms with Gasteiger partial charge in [0.05, 0.1) is 5.41 Å². The molecular formula is C19H17NOS. The number of carbonyl (C=O) groups is 1. The monoisotopic (exact) mass is 307 g/mol. The summed E-state index contributed by atoms with van der Waals surface area (Å²) in [5.74, 6) is 0.118. The molecule has 1 aliphatic carbocycles. The Bertz CT molecular complexity index is 861. The van der Waals surface area contributed by atoms with Gasteiger partial charge in [0.15, 0.2) is 0 Å². The molecule has 110 valence electrons. The zero-order chi connectivity index (χ0) is 15.2. The molecule has 1 saturated carbocycles. The second-order valence-electron chi connectivity index (χ2n) is 6.08. The van der Waals surface area contributed by atoms with Crippen LogP contribution >= 0.6 is 11.3 Å². The van der Waals surface area contributed by atoms with E-state index in [0.717, 1.165) is 24.1 Å². The minimum atomic E-state index is -0.324. The number of fused-ring (bicyclic) bond motifs is 1. The van der Waals surface area contributed by atoms with E-state index >= 15 is 0 Å². The molecule has 3 heteroatoms. The quantitative estimate of drug-likeness (QED) is 0.734. The number of benzene rings is 2. The number of carbonyl (C=O) groups excluding carboxylic acids is 1. The third-order valence-corrected chi connectivity index (χ3v) is 5.36. The SMILES string of the molecule is Cc1cccc(C2(C(=O)Nc3ccc4sccc4c3)CC2)c1. The number of nitrogens with one attached hydrogen (secondary N) is 1. The summed E-state index contributed by atoms with van der Waals surface area (Å²) in [5, 5.41) is 6.37. The average molecular weight is 307 g/mol. The summed E-state index contributed by atoms with van der Waals surface area (Å²) in [6.07, 6.45) is 1.87. The molecule has 3 aromatic rings. The summed E-state index contributed by atoms with van der Waals surface area (Å²) in [6.45, 7) is 2.07. The molecule has 22 heavy (non-hydrogen) atoms. The summed E-state index contributed by atoms with van der Waals surface area (Å²) in [7, 11) is 0. The van der Waals surface area contributed by atoms with Crippen LogP contribution in [0, 0.1) is 6.92 Å². The topological polar surface area (TPSA) is 29.1 Å². The Kier molecular flexibility index (Phi) is 3.05. The third-order valence-electron chi connectivity index (χ3n) is 4.47. The first-order valence-corrected chi connectivity index (χ1v) is 8.41. The van der Waals surface area contributed by atoms with Crippen LogP contribution in [0.5, 0.6) is 0 Å². The first-order chi connectivity index (χ1) is 10.7. The fourth-order valence-corrected chi connectivity index (χ4v) is 3.78. The van der Waals surface area contributed by atoms with Crippen molar-refractivity contribution in [2.75, 3.05) is 5.32 Å². The predicted molar refractivity (Wildman–Crippen MR) is 92.5 cm³/mol. The summed E-state index contributed by atoms with van der Waals surface area (Å²) in [6, 6.07) is 16.5. The maximum atomic E-state index is 12.8. The molecule has 0 aliphatic heterocycles. The molecule has 4 rings (SSSR count). The van der Waals surface area contributed by atoms with Gasteiger partial charge >= 0.3 is 0 Å². The third kappa shape index (κ3) is 2.22. The molecule has 0 radical (unpaired) electrons. The lowest BCUT2D eigenvalue weighted by molar-refractivity contribution is -0.118. The van der Waals surface area contributed by atoms with Gasteiger partial charge in [-0.25, -0.2) is 0 Å². The minimum absolute atomic E-state index is 0.118. The molecule has 2 nitrogen and oxygen atoms in total. The van der Waals surface area contributed by atoms with Crippen molar-refractivity contribution in [3.63, 3.8) is 0 Å². The highest BCUT2D eigenvalue weighted by molar-refractivity contribution is 7.17. The number of thiophene rings is 1. The molecule has 1 heterocycles. The van der Waals surface area contributed by atoms with E-state index < -0.39 is 0 Å². The second-order valence-corrected chi connectivity index (χ2v) is 7.03. The van der Waals surface area contributed by atoms with Gasteiger partial charge in [-0.05, 0) is 60.4 Å². The average Bonchev–Trinajstić information content (AvgIpc) is 3.20. The molecule has 0 atom stereocenters. The Hall–Kier alpha value is -2.13.